The maximum absolute atomic E-state index is 14.2. The van der Waals surface area contributed by atoms with Crippen LogP contribution in [-0.4, -0.2) is 51.7 Å². The van der Waals surface area contributed by atoms with E-state index >= 15 is 0 Å². The number of fused-ring (bicyclic) bond motifs is 2. The lowest BCUT2D eigenvalue weighted by atomic mass is 9.94. The Morgan fingerprint density at radius 1 is 0.976 bits per heavy atom. The highest BCUT2D eigenvalue weighted by atomic mass is 32.1. The van der Waals surface area contributed by atoms with Crippen LogP contribution in [0.4, 0.5) is 0 Å². The van der Waals surface area contributed by atoms with Crippen LogP contribution in [0.25, 0.3) is 16.8 Å². The Morgan fingerprint density at radius 2 is 1.74 bits per heavy atom. The first-order valence-corrected chi connectivity index (χ1v) is 14.3. The monoisotopic (exact) mass is 588 g/mol. The minimum absolute atomic E-state index is 0.0597. The zero-order chi connectivity index (χ0) is 29.8. The van der Waals surface area contributed by atoms with Crippen LogP contribution in [-0.2, 0) is 14.3 Å². The van der Waals surface area contributed by atoms with Gasteiger partial charge in [0.2, 0.25) is 0 Å². The fraction of sp³-hybridized carbons (Fsp3) is 0.281. The number of allylic oxidation sites excluding steroid dienone is 1. The quantitative estimate of drug-likeness (QED) is 0.204. The van der Waals surface area contributed by atoms with Crippen LogP contribution in [0, 0.1) is 0 Å². The number of aromatic nitrogens is 1. The van der Waals surface area contributed by atoms with E-state index in [0.717, 1.165) is 22.1 Å². The number of carbonyl (C=O) groups excluding carboxylic acids is 1. The van der Waals surface area contributed by atoms with Crippen LogP contribution in [0.1, 0.15) is 31.0 Å². The highest BCUT2D eigenvalue weighted by molar-refractivity contribution is 7.07. The molecule has 0 saturated carbocycles. The van der Waals surface area contributed by atoms with E-state index in [1.165, 1.54) is 18.4 Å². The average Bonchev–Trinajstić information content (AvgIpc) is 3.30. The number of hydrogen-bond donors (Lipinski definition) is 0. The molecule has 0 spiro atoms. The van der Waals surface area contributed by atoms with Gasteiger partial charge in [0.25, 0.3) is 5.56 Å². The third-order valence-corrected chi connectivity index (χ3v) is 7.98. The van der Waals surface area contributed by atoms with Gasteiger partial charge in [-0.15, -0.1) is 0 Å². The maximum Gasteiger partial charge on any atom is 0.338 e. The summed E-state index contributed by atoms with van der Waals surface area (Å²) in [5, 5.41) is 1.89. The number of para-hydroxylation sites is 1. The van der Waals surface area contributed by atoms with E-state index in [-0.39, 0.29) is 24.3 Å². The highest BCUT2D eigenvalue weighted by Gasteiger charge is 2.36. The van der Waals surface area contributed by atoms with E-state index in [2.05, 4.69) is 0 Å². The molecule has 4 aromatic rings. The van der Waals surface area contributed by atoms with Gasteiger partial charge in [0.1, 0.15) is 18.4 Å². The van der Waals surface area contributed by atoms with Crippen LogP contribution in [0.2, 0.25) is 0 Å². The number of thiazole rings is 1. The van der Waals surface area contributed by atoms with E-state index in [1.54, 1.807) is 37.8 Å². The summed E-state index contributed by atoms with van der Waals surface area (Å²) in [6.45, 7) is 4.26. The van der Waals surface area contributed by atoms with Crippen LogP contribution in [0.5, 0.6) is 17.2 Å². The van der Waals surface area contributed by atoms with Crippen molar-refractivity contribution in [2.75, 3.05) is 41.2 Å². The summed E-state index contributed by atoms with van der Waals surface area (Å²) in [7, 11) is 4.71. The Balaban J connectivity index is 1.75. The van der Waals surface area contributed by atoms with Gasteiger partial charge in [-0.25, -0.2) is 9.79 Å². The van der Waals surface area contributed by atoms with Gasteiger partial charge in [-0.3, -0.25) is 9.36 Å². The van der Waals surface area contributed by atoms with Crippen LogP contribution >= 0.6 is 11.3 Å². The SMILES string of the molecule is CCOc1c(OC)cccc1[C@@H]1C(C(=O)OCCOC)=C(C)N=c2s/c(=C/c3ccc(OC)c4ccccc34)c(=O)n21. The van der Waals surface area contributed by atoms with Gasteiger partial charge in [0.05, 0.1) is 43.2 Å². The van der Waals surface area contributed by atoms with Crippen LogP contribution < -0.4 is 29.1 Å². The molecule has 5 rings (SSSR count). The fourth-order valence-corrected chi connectivity index (χ4v) is 6.16. The molecule has 3 aromatic carbocycles. The molecule has 0 amide bonds. The lowest BCUT2D eigenvalue weighted by Crippen LogP contribution is -2.40. The van der Waals surface area contributed by atoms with Gasteiger partial charge in [-0.1, -0.05) is 53.8 Å². The number of ether oxygens (including phenoxy) is 5. The summed E-state index contributed by atoms with van der Waals surface area (Å²) in [5.41, 5.74) is 1.86. The largest absolute Gasteiger partial charge is 0.496 e. The van der Waals surface area contributed by atoms with Crippen molar-refractivity contribution in [3.63, 3.8) is 0 Å². The molecule has 1 atom stereocenters. The van der Waals surface area contributed by atoms with Crippen molar-refractivity contribution in [3.8, 4) is 17.2 Å². The summed E-state index contributed by atoms with van der Waals surface area (Å²) in [6, 6.07) is 16.2. The molecule has 2 heterocycles. The van der Waals surface area contributed by atoms with Crippen molar-refractivity contribution in [2.45, 2.75) is 19.9 Å². The summed E-state index contributed by atoms with van der Waals surface area (Å²) in [4.78, 5) is 32.9. The number of hydrogen-bond acceptors (Lipinski definition) is 9. The molecule has 0 saturated heterocycles. The van der Waals surface area contributed by atoms with Crippen molar-refractivity contribution in [1.82, 2.24) is 4.57 Å². The predicted octanol–water partition coefficient (Wildman–Crippen LogP) is 3.99. The number of carbonyl (C=O) groups is 1. The van der Waals surface area contributed by atoms with Gasteiger partial charge < -0.3 is 23.7 Å². The molecular weight excluding hydrogens is 556 g/mol. The Morgan fingerprint density at radius 3 is 2.45 bits per heavy atom. The predicted molar refractivity (Wildman–Crippen MR) is 161 cm³/mol. The van der Waals surface area contributed by atoms with E-state index in [1.807, 2.05) is 55.5 Å². The fourth-order valence-electron chi connectivity index (χ4n) is 5.12. The third-order valence-electron chi connectivity index (χ3n) is 7.00. The maximum atomic E-state index is 14.2. The van der Waals surface area contributed by atoms with Gasteiger partial charge in [-0.2, -0.15) is 0 Å². The molecule has 0 bridgehead atoms. The van der Waals surface area contributed by atoms with Crippen LogP contribution in [0.3, 0.4) is 0 Å². The number of nitrogens with zero attached hydrogens (tertiary/aromatic N) is 2. The Bertz CT molecular complexity index is 1850. The van der Waals surface area contributed by atoms with Crippen molar-refractivity contribution in [2.24, 2.45) is 4.99 Å². The van der Waals surface area contributed by atoms with E-state index in [9.17, 15) is 9.59 Å². The van der Waals surface area contributed by atoms with Crippen molar-refractivity contribution < 1.29 is 28.5 Å². The molecule has 1 aliphatic rings. The molecule has 218 valence electrons. The van der Waals surface area contributed by atoms with Crippen molar-refractivity contribution >= 4 is 34.2 Å². The zero-order valence-electron chi connectivity index (χ0n) is 24.1. The van der Waals surface area contributed by atoms with E-state index in [0.29, 0.717) is 38.7 Å². The lowest BCUT2D eigenvalue weighted by Gasteiger charge is -2.27. The molecule has 0 N–H and O–H groups in total. The molecule has 0 fully saturated rings. The smallest absolute Gasteiger partial charge is 0.338 e. The number of esters is 1. The minimum Gasteiger partial charge on any atom is -0.496 e. The molecule has 10 heteroatoms. The first-order chi connectivity index (χ1) is 20.4. The Labute approximate surface area is 246 Å². The summed E-state index contributed by atoms with van der Waals surface area (Å²) < 4.78 is 29.8. The van der Waals surface area contributed by atoms with Crippen molar-refractivity contribution in [3.05, 3.63) is 96.7 Å². The van der Waals surface area contributed by atoms with Gasteiger partial charge >= 0.3 is 5.97 Å². The zero-order valence-corrected chi connectivity index (χ0v) is 24.9. The standard InChI is InChI=1S/C32H32N2O7S/c1-6-40-29-23(12-9-13-25(29)39-5)28-27(31(36)41-17-16-37-3)19(2)33-32-34(28)30(35)26(42-32)18-20-14-15-24(38-4)22-11-8-7-10-21(20)22/h7-15,18,28H,6,16-17H2,1-5H3/b26-18+/t28-/m1/s1. The second kappa shape index (κ2) is 12.6. The summed E-state index contributed by atoms with van der Waals surface area (Å²) in [5.74, 6) is 1.10. The van der Waals surface area contributed by atoms with Gasteiger partial charge in [0, 0.05) is 18.1 Å². The number of benzene rings is 3. The topological polar surface area (TPSA) is 97.6 Å². The molecule has 1 aliphatic heterocycles. The second-order valence-electron chi connectivity index (χ2n) is 9.42. The Kier molecular flexibility index (Phi) is 8.75. The lowest BCUT2D eigenvalue weighted by molar-refractivity contribution is -0.140. The van der Waals surface area contributed by atoms with Crippen LogP contribution in [0.15, 0.2) is 75.7 Å². The summed E-state index contributed by atoms with van der Waals surface area (Å²) >= 11 is 1.26. The second-order valence-corrected chi connectivity index (χ2v) is 10.4. The number of rotatable bonds is 10. The van der Waals surface area contributed by atoms with E-state index in [4.69, 9.17) is 28.7 Å². The molecule has 0 unspecified atom stereocenters. The van der Waals surface area contributed by atoms with Gasteiger partial charge in [0.15, 0.2) is 16.3 Å². The van der Waals surface area contributed by atoms with E-state index < -0.39 is 12.0 Å². The highest BCUT2D eigenvalue weighted by Crippen LogP contribution is 2.40. The number of methoxy groups -OCH3 is 3. The molecule has 1 aromatic heterocycles. The Hall–Kier alpha value is -4.41. The van der Waals surface area contributed by atoms with Crippen molar-refractivity contribution in [1.29, 1.82) is 0 Å². The van der Waals surface area contributed by atoms with Gasteiger partial charge in [-0.05, 0) is 43.0 Å². The molecule has 0 radical (unpaired) electrons. The minimum atomic E-state index is -0.859. The molecular formula is C32H32N2O7S. The molecule has 9 nitrogen and oxygen atoms in total. The normalized spacial score (nSPS) is 14.9. The summed E-state index contributed by atoms with van der Waals surface area (Å²) in [6.07, 6.45) is 1.85. The first-order valence-electron chi connectivity index (χ1n) is 13.5. The molecule has 42 heavy (non-hydrogen) atoms. The molecule has 0 aliphatic carbocycles. The third kappa shape index (κ3) is 5.31. The first kappa shape index (κ1) is 29.1. The average molecular weight is 589 g/mol.